The monoisotopic (exact) mass is 242 g/mol. The molecule has 0 saturated carbocycles. The van der Waals surface area contributed by atoms with Crippen molar-refractivity contribution >= 4 is 11.7 Å². The highest BCUT2D eigenvalue weighted by atomic mass is 16.2. The zero-order chi connectivity index (χ0) is 13.2. The number of nitrogens with one attached hydrogen (secondary N) is 2. The van der Waals surface area contributed by atoms with Gasteiger partial charge in [-0.15, -0.1) is 0 Å². The van der Waals surface area contributed by atoms with Crippen molar-refractivity contribution in [1.29, 1.82) is 10.5 Å². The molecule has 0 spiro atoms. The number of unbranched alkanes of at least 4 members (excludes halogenated alkanes) is 2. The maximum absolute atomic E-state index is 11.4. The number of carbonyl (C=O) groups is 1. The molecule has 0 atom stereocenters. The summed E-state index contributed by atoms with van der Waals surface area (Å²) >= 11 is 0. The zero-order valence-electron chi connectivity index (χ0n) is 9.94. The predicted octanol–water partition coefficient (Wildman–Crippen LogP) is 2.37. The van der Waals surface area contributed by atoms with Crippen molar-refractivity contribution in [3.05, 3.63) is 29.8 Å². The van der Waals surface area contributed by atoms with Crippen LogP contribution < -0.4 is 10.6 Å². The van der Waals surface area contributed by atoms with Gasteiger partial charge >= 0.3 is 6.03 Å². The smallest absolute Gasteiger partial charge is 0.319 e. The summed E-state index contributed by atoms with van der Waals surface area (Å²) in [6, 6.07) is 10.4. The zero-order valence-corrected chi connectivity index (χ0v) is 9.94. The molecule has 0 radical (unpaired) electrons. The molecule has 1 aromatic rings. The fourth-order valence-corrected chi connectivity index (χ4v) is 1.33. The summed E-state index contributed by atoms with van der Waals surface area (Å²) in [6.45, 7) is 0.545. The molecule has 5 heteroatoms. The molecule has 0 bridgehead atoms. The molecule has 0 aliphatic carbocycles. The fourth-order valence-electron chi connectivity index (χ4n) is 1.33. The Morgan fingerprint density at radius 3 is 2.50 bits per heavy atom. The molecule has 0 aromatic heterocycles. The Morgan fingerprint density at radius 2 is 1.89 bits per heavy atom. The summed E-state index contributed by atoms with van der Waals surface area (Å²) in [4.78, 5) is 11.4. The van der Waals surface area contributed by atoms with E-state index in [0.717, 1.165) is 12.8 Å². The van der Waals surface area contributed by atoms with E-state index in [1.165, 1.54) is 0 Å². The number of nitriles is 2. The molecule has 18 heavy (non-hydrogen) atoms. The molecule has 2 amide bonds. The molecule has 1 rings (SSSR count). The highest BCUT2D eigenvalue weighted by Gasteiger charge is 2.00. The minimum Gasteiger partial charge on any atom is -0.338 e. The molecule has 0 aliphatic rings. The Labute approximate surface area is 106 Å². The average Bonchev–Trinajstić information content (AvgIpc) is 2.39. The number of hydrogen-bond donors (Lipinski definition) is 2. The molecule has 0 unspecified atom stereocenters. The lowest BCUT2D eigenvalue weighted by molar-refractivity contribution is 0.252. The van der Waals surface area contributed by atoms with E-state index < -0.39 is 0 Å². The Hall–Kier alpha value is -2.53. The molecule has 0 saturated heterocycles. The predicted molar refractivity (Wildman–Crippen MR) is 67.6 cm³/mol. The summed E-state index contributed by atoms with van der Waals surface area (Å²) < 4.78 is 0. The third-order valence-corrected chi connectivity index (χ3v) is 2.27. The van der Waals surface area contributed by atoms with Gasteiger partial charge in [-0.3, -0.25) is 0 Å². The summed E-state index contributed by atoms with van der Waals surface area (Å²) in [5, 5.41) is 22.3. The molecular formula is C13H14N4O. The van der Waals surface area contributed by atoms with Gasteiger partial charge in [0.1, 0.15) is 0 Å². The summed E-state index contributed by atoms with van der Waals surface area (Å²) in [7, 11) is 0. The SMILES string of the molecule is N#CCCCCNC(=O)Nc1ccc(C#N)cc1. The van der Waals surface area contributed by atoms with Crippen molar-refractivity contribution in [1.82, 2.24) is 5.32 Å². The Balaban J connectivity index is 2.27. The molecule has 5 nitrogen and oxygen atoms in total. The van der Waals surface area contributed by atoms with Crippen LogP contribution in [0.25, 0.3) is 0 Å². The number of amides is 2. The molecule has 1 aromatic carbocycles. The van der Waals surface area contributed by atoms with E-state index in [4.69, 9.17) is 10.5 Å². The van der Waals surface area contributed by atoms with Gasteiger partial charge in [0, 0.05) is 18.7 Å². The van der Waals surface area contributed by atoms with E-state index in [2.05, 4.69) is 16.7 Å². The van der Waals surface area contributed by atoms with Gasteiger partial charge in [-0.1, -0.05) is 0 Å². The van der Waals surface area contributed by atoms with Gasteiger partial charge in [0.25, 0.3) is 0 Å². The summed E-state index contributed by atoms with van der Waals surface area (Å²) in [5.41, 5.74) is 1.20. The Morgan fingerprint density at radius 1 is 1.17 bits per heavy atom. The normalized spacial score (nSPS) is 9.00. The Bertz CT molecular complexity index is 467. The van der Waals surface area contributed by atoms with E-state index in [1.807, 2.05) is 6.07 Å². The third kappa shape index (κ3) is 5.00. The first-order chi connectivity index (χ1) is 8.76. The number of rotatable bonds is 5. The van der Waals surface area contributed by atoms with Crippen LogP contribution in [0.3, 0.4) is 0 Å². The van der Waals surface area contributed by atoms with E-state index >= 15 is 0 Å². The van der Waals surface area contributed by atoms with E-state index in [9.17, 15) is 4.79 Å². The molecule has 2 N–H and O–H groups in total. The lowest BCUT2D eigenvalue weighted by Gasteiger charge is -2.06. The quantitative estimate of drug-likeness (QED) is 0.777. The van der Waals surface area contributed by atoms with Crippen LogP contribution in [0.2, 0.25) is 0 Å². The van der Waals surface area contributed by atoms with Crippen LogP contribution in [0, 0.1) is 22.7 Å². The molecule has 0 heterocycles. The third-order valence-electron chi connectivity index (χ3n) is 2.27. The standard InChI is InChI=1S/C13H14N4O/c14-8-2-1-3-9-16-13(18)17-12-6-4-11(10-15)5-7-12/h4-7H,1-3,9H2,(H2,16,17,18). The van der Waals surface area contributed by atoms with E-state index in [-0.39, 0.29) is 6.03 Å². The maximum Gasteiger partial charge on any atom is 0.319 e. The second-order valence-electron chi connectivity index (χ2n) is 3.69. The number of benzene rings is 1. The van der Waals surface area contributed by atoms with Crippen LogP contribution in [0.1, 0.15) is 24.8 Å². The van der Waals surface area contributed by atoms with Crippen molar-refractivity contribution in [3.8, 4) is 12.1 Å². The van der Waals surface area contributed by atoms with Crippen molar-refractivity contribution < 1.29 is 4.79 Å². The summed E-state index contributed by atoms with van der Waals surface area (Å²) in [5.74, 6) is 0. The minimum atomic E-state index is -0.281. The van der Waals surface area contributed by atoms with Gasteiger partial charge in [0.05, 0.1) is 17.7 Å². The number of nitrogens with zero attached hydrogens (tertiary/aromatic N) is 2. The van der Waals surface area contributed by atoms with Gasteiger partial charge in [-0.25, -0.2) is 4.79 Å². The fraction of sp³-hybridized carbons (Fsp3) is 0.308. The van der Waals surface area contributed by atoms with Crippen LogP contribution in [-0.4, -0.2) is 12.6 Å². The van der Waals surface area contributed by atoms with Crippen molar-refractivity contribution in [2.75, 3.05) is 11.9 Å². The topological polar surface area (TPSA) is 88.7 Å². The van der Waals surface area contributed by atoms with Crippen LogP contribution in [0.4, 0.5) is 10.5 Å². The van der Waals surface area contributed by atoms with E-state index in [1.54, 1.807) is 24.3 Å². The van der Waals surface area contributed by atoms with Gasteiger partial charge < -0.3 is 10.6 Å². The number of urea groups is 1. The van der Waals surface area contributed by atoms with Crippen molar-refractivity contribution in [3.63, 3.8) is 0 Å². The van der Waals surface area contributed by atoms with Crippen LogP contribution in [-0.2, 0) is 0 Å². The van der Waals surface area contributed by atoms with E-state index in [0.29, 0.717) is 24.2 Å². The van der Waals surface area contributed by atoms with Crippen LogP contribution >= 0.6 is 0 Å². The summed E-state index contributed by atoms with van der Waals surface area (Å²) in [6.07, 6.45) is 2.08. The number of anilines is 1. The Kier molecular flexibility index (Phi) is 5.79. The minimum absolute atomic E-state index is 0.281. The van der Waals surface area contributed by atoms with Gasteiger partial charge in [-0.05, 0) is 37.1 Å². The molecule has 92 valence electrons. The molecule has 0 fully saturated rings. The van der Waals surface area contributed by atoms with Crippen LogP contribution in [0.15, 0.2) is 24.3 Å². The van der Waals surface area contributed by atoms with Crippen molar-refractivity contribution in [2.24, 2.45) is 0 Å². The lowest BCUT2D eigenvalue weighted by Crippen LogP contribution is -2.29. The second kappa shape index (κ2) is 7.70. The highest BCUT2D eigenvalue weighted by molar-refractivity contribution is 5.89. The van der Waals surface area contributed by atoms with Crippen molar-refractivity contribution in [2.45, 2.75) is 19.3 Å². The van der Waals surface area contributed by atoms with Crippen LogP contribution in [0.5, 0.6) is 0 Å². The highest BCUT2D eigenvalue weighted by Crippen LogP contribution is 2.08. The number of carbonyl (C=O) groups excluding carboxylic acids is 1. The van der Waals surface area contributed by atoms with Gasteiger partial charge in [0.15, 0.2) is 0 Å². The molecular weight excluding hydrogens is 228 g/mol. The lowest BCUT2D eigenvalue weighted by atomic mass is 10.2. The van der Waals surface area contributed by atoms with Gasteiger partial charge in [0.2, 0.25) is 0 Å². The first kappa shape index (κ1) is 13.5. The number of hydrogen-bond acceptors (Lipinski definition) is 3. The first-order valence-corrected chi connectivity index (χ1v) is 5.68. The average molecular weight is 242 g/mol. The first-order valence-electron chi connectivity index (χ1n) is 5.68. The second-order valence-corrected chi connectivity index (χ2v) is 3.69. The van der Waals surface area contributed by atoms with Gasteiger partial charge in [-0.2, -0.15) is 10.5 Å². The molecule has 0 aliphatic heterocycles. The maximum atomic E-state index is 11.4. The largest absolute Gasteiger partial charge is 0.338 e.